The summed E-state index contributed by atoms with van der Waals surface area (Å²) in [5.74, 6) is 4.82. The van der Waals surface area contributed by atoms with E-state index in [1.54, 1.807) is 13.0 Å². The molecule has 0 amide bonds. The van der Waals surface area contributed by atoms with E-state index in [-0.39, 0.29) is 11.4 Å². The van der Waals surface area contributed by atoms with Crippen LogP contribution in [0, 0.1) is 24.7 Å². The number of aryl methyl sites for hydroxylation is 1. The van der Waals surface area contributed by atoms with Crippen molar-refractivity contribution in [1.82, 2.24) is 10.2 Å². The molecule has 0 spiro atoms. The second kappa shape index (κ2) is 6.40. The van der Waals surface area contributed by atoms with Crippen molar-refractivity contribution in [3.63, 3.8) is 0 Å². The summed E-state index contributed by atoms with van der Waals surface area (Å²) in [4.78, 5) is 11.7. The quantitative estimate of drug-likeness (QED) is 0.550. The monoisotopic (exact) mass is 388 g/mol. The van der Waals surface area contributed by atoms with Crippen LogP contribution in [0.2, 0.25) is 0 Å². The fourth-order valence-corrected chi connectivity index (χ4v) is 6.56. The largest absolute Gasteiger partial charge is 0.465 e. The Kier molecular flexibility index (Phi) is 4.11. The summed E-state index contributed by atoms with van der Waals surface area (Å²) in [6, 6.07) is 1.73. The predicted octanol–water partition coefficient (Wildman–Crippen LogP) is 4.52. The summed E-state index contributed by atoms with van der Waals surface area (Å²) in [6.45, 7) is 1.76. The van der Waals surface area contributed by atoms with Gasteiger partial charge in [0, 0.05) is 5.41 Å². The molecule has 2 aromatic heterocycles. The molecule has 6 nitrogen and oxygen atoms in total. The molecule has 4 aliphatic rings. The summed E-state index contributed by atoms with van der Waals surface area (Å²) < 4.78 is 16.5. The highest BCUT2D eigenvalue weighted by Crippen LogP contribution is 2.60. The van der Waals surface area contributed by atoms with Crippen LogP contribution in [0.3, 0.4) is 0 Å². The second-order valence-corrected chi connectivity index (χ2v) is 9.46. The first-order valence-electron chi connectivity index (χ1n) is 9.69. The molecule has 0 radical (unpaired) electrons. The van der Waals surface area contributed by atoms with Gasteiger partial charge in [0.05, 0.1) is 12.9 Å². The molecule has 27 heavy (non-hydrogen) atoms. The number of aromatic nitrogens is 2. The highest BCUT2D eigenvalue weighted by molar-refractivity contribution is 7.98. The van der Waals surface area contributed by atoms with Crippen molar-refractivity contribution in [2.75, 3.05) is 7.11 Å². The molecule has 6 rings (SSSR count). The fourth-order valence-electron chi connectivity index (χ4n) is 5.92. The zero-order chi connectivity index (χ0) is 18.6. The number of nitrogens with zero attached hydrogens (tertiary/aromatic N) is 2. The van der Waals surface area contributed by atoms with E-state index in [0.29, 0.717) is 28.1 Å². The minimum Gasteiger partial charge on any atom is -0.465 e. The Bertz CT molecular complexity index is 836. The van der Waals surface area contributed by atoms with Gasteiger partial charge < -0.3 is 13.6 Å². The van der Waals surface area contributed by atoms with E-state index in [2.05, 4.69) is 10.2 Å². The van der Waals surface area contributed by atoms with Crippen LogP contribution in [0.4, 0.5) is 0 Å². The highest BCUT2D eigenvalue weighted by Gasteiger charge is 2.54. The van der Waals surface area contributed by atoms with Gasteiger partial charge in [0.25, 0.3) is 5.22 Å². The number of ether oxygens (including phenoxy) is 1. The Balaban J connectivity index is 1.29. The van der Waals surface area contributed by atoms with Gasteiger partial charge in [0.1, 0.15) is 17.1 Å². The molecule has 0 atom stereocenters. The SMILES string of the molecule is COC(=O)c1cc(CSc2nnc(C34CC5CC(CC(C5)C3)C4)o2)oc1C. The van der Waals surface area contributed by atoms with Crippen molar-refractivity contribution >= 4 is 17.7 Å². The van der Waals surface area contributed by atoms with Crippen LogP contribution in [-0.4, -0.2) is 23.3 Å². The van der Waals surface area contributed by atoms with Crippen LogP contribution in [0.1, 0.15) is 66.3 Å². The minimum absolute atomic E-state index is 0.125. The zero-order valence-corrected chi connectivity index (χ0v) is 16.5. The molecular formula is C20H24N2O4S. The second-order valence-electron chi connectivity index (χ2n) is 8.53. The maximum atomic E-state index is 11.7. The van der Waals surface area contributed by atoms with E-state index in [0.717, 1.165) is 23.6 Å². The van der Waals surface area contributed by atoms with Gasteiger partial charge in [-0.1, -0.05) is 11.8 Å². The molecule has 0 aromatic carbocycles. The van der Waals surface area contributed by atoms with Crippen LogP contribution < -0.4 is 0 Å². The number of carbonyl (C=O) groups is 1. The van der Waals surface area contributed by atoms with Gasteiger partial charge in [-0.15, -0.1) is 10.2 Å². The van der Waals surface area contributed by atoms with Gasteiger partial charge in [0.15, 0.2) is 0 Å². The van der Waals surface area contributed by atoms with Crippen molar-refractivity contribution in [3.8, 4) is 0 Å². The number of esters is 1. The maximum Gasteiger partial charge on any atom is 0.341 e. The topological polar surface area (TPSA) is 78.4 Å². The van der Waals surface area contributed by atoms with E-state index in [9.17, 15) is 4.79 Å². The van der Waals surface area contributed by atoms with E-state index in [1.165, 1.54) is 57.4 Å². The molecular weight excluding hydrogens is 364 g/mol. The smallest absolute Gasteiger partial charge is 0.341 e. The molecule has 4 fully saturated rings. The number of rotatable bonds is 5. The minimum atomic E-state index is -0.380. The standard InChI is InChI=1S/C20H24N2O4S/c1-11-16(17(23)24-2)6-15(25-11)10-27-19-22-21-18(26-19)20-7-12-3-13(8-20)5-14(4-12)9-20/h6,12-14H,3-5,7-10H2,1-2H3. The molecule has 0 aliphatic heterocycles. The van der Waals surface area contributed by atoms with Crippen LogP contribution in [0.15, 0.2) is 20.1 Å². The lowest BCUT2D eigenvalue weighted by molar-refractivity contribution is -0.0191. The Morgan fingerprint density at radius 2 is 1.85 bits per heavy atom. The lowest BCUT2D eigenvalue weighted by atomic mass is 9.49. The average Bonchev–Trinajstić information content (AvgIpc) is 3.25. The summed E-state index contributed by atoms with van der Waals surface area (Å²) in [6.07, 6.45) is 7.83. The van der Waals surface area contributed by atoms with Crippen LogP contribution >= 0.6 is 11.8 Å². The van der Waals surface area contributed by atoms with E-state index >= 15 is 0 Å². The van der Waals surface area contributed by atoms with Crippen LogP contribution in [-0.2, 0) is 15.9 Å². The lowest BCUT2D eigenvalue weighted by Gasteiger charge is -2.55. The molecule has 4 bridgehead atoms. The highest BCUT2D eigenvalue weighted by atomic mass is 32.2. The van der Waals surface area contributed by atoms with Crippen molar-refractivity contribution in [2.24, 2.45) is 17.8 Å². The number of methoxy groups -OCH3 is 1. The number of carbonyl (C=O) groups excluding carboxylic acids is 1. The first-order chi connectivity index (χ1) is 13.0. The maximum absolute atomic E-state index is 11.7. The van der Waals surface area contributed by atoms with Crippen molar-refractivity contribution in [1.29, 1.82) is 0 Å². The van der Waals surface area contributed by atoms with Crippen molar-refractivity contribution < 1.29 is 18.4 Å². The molecule has 144 valence electrons. The number of furan rings is 1. The molecule has 0 unspecified atom stereocenters. The Labute approximate surface area is 162 Å². The van der Waals surface area contributed by atoms with Crippen LogP contribution in [0.25, 0.3) is 0 Å². The lowest BCUT2D eigenvalue weighted by Crippen LogP contribution is -2.48. The van der Waals surface area contributed by atoms with E-state index in [4.69, 9.17) is 13.6 Å². The molecule has 2 heterocycles. The Morgan fingerprint density at radius 1 is 1.19 bits per heavy atom. The summed E-state index contributed by atoms with van der Waals surface area (Å²) in [5, 5.41) is 9.30. The average molecular weight is 388 g/mol. The number of hydrogen-bond donors (Lipinski definition) is 0. The Hall–Kier alpha value is -1.76. The molecule has 4 saturated carbocycles. The number of thioether (sulfide) groups is 1. The third-order valence-electron chi connectivity index (χ3n) is 6.61. The molecule has 0 N–H and O–H groups in total. The third kappa shape index (κ3) is 3.00. The summed E-state index contributed by atoms with van der Waals surface area (Å²) >= 11 is 1.45. The first kappa shape index (κ1) is 17.3. The van der Waals surface area contributed by atoms with Gasteiger partial charge in [-0.25, -0.2) is 4.79 Å². The molecule has 4 aliphatic carbocycles. The first-order valence-corrected chi connectivity index (χ1v) is 10.7. The summed E-state index contributed by atoms with van der Waals surface area (Å²) in [5.41, 5.74) is 0.591. The number of hydrogen-bond acceptors (Lipinski definition) is 7. The molecule has 7 heteroatoms. The molecule has 2 aromatic rings. The zero-order valence-electron chi connectivity index (χ0n) is 15.7. The van der Waals surface area contributed by atoms with Gasteiger partial charge in [-0.3, -0.25) is 0 Å². The van der Waals surface area contributed by atoms with Gasteiger partial charge in [0.2, 0.25) is 5.89 Å². The van der Waals surface area contributed by atoms with E-state index in [1.807, 2.05) is 0 Å². The third-order valence-corrected chi connectivity index (χ3v) is 7.45. The van der Waals surface area contributed by atoms with Crippen molar-refractivity contribution in [3.05, 3.63) is 29.0 Å². The van der Waals surface area contributed by atoms with Crippen molar-refractivity contribution in [2.45, 2.75) is 61.8 Å². The Morgan fingerprint density at radius 3 is 2.48 bits per heavy atom. The van der Waals surface area contributed by atoms with Crippen LogP contribution in [0.5, 0.6) is 0 Å². The van der Waals surface area contributed by atoms with Gasteiger partial charge >= 0.3 is 5.97 Å². The fraction of sp³-hybridized carbons (Fsp3) is 0.650. The van der Waals surface area contributed by atoms with Gasteiger partial charge in [-0.2, -0.15) is 0 Å². The predicted molar refractivity (Wildman–Crippen MR) is 98.5 cm³/mol. The summed E-state index contributed by atoms with van der Waals surface area (Å²) in [7, 11) is 1.37. The van der Waals surface area contributed by atoms with Gasteiger partial charge in [-0.05, 0) is 69.3 Å². The van der Waals surface area contributed by atoms with E-state index < -0.39 is 0 Å². The normalized spacial score (nSPS) is 31.4. The molecule has 0 saturated heterocycles.